The third kappa shape index (κ3) is 6.48. The largest absolute Gasteiger partial charge is 0.344 e. The number of carbonyl (C=O) groups excluding carboxylic acids is 1. The van der Waals surface area contributed by atoms with Crippen molar-refractivity contribution in [1.82, 2.24) is 10.2 Å². The van der Waals surface area contributed by atoms with Gasteiger partial charge in [0.1, 0.15) is 0 Å². The molecule has 1 rings (SSSR count). The molecular weight excluding hydrogens is 307 g/mol. The SMILES string of the molecule is CNCCN(C)C(=O)CCc1ccc(Cl)c(Cl)c1.Cl. The Balaban J connectivity index is 0.00000324. The van der Waals surface area contributed by atoms with Crippen LogP contribution in [0.5, 0.6) is 0 Å². The lowest BCUT2D eigenvalue weighted by Gasteiger charge is -2.16. The molecule has 0 fully saturated rings. The predicted octanol–water partition coefficient (Wildman–Crippen LogP) is 3.03. The summed E-state index contributed by atoms with van der Waals surface area (Å²) in [7, 11) is 3.68. The molecule has 0 atom stereocenters. The summed E-state index contributed by atoms with van der Waals surface area (Å²) in [5, 5.41) is 4.09. The molecule has 0 spiro atoms. The number of aryl methyl sites for hydroxylation is 1. The van der Waals surface area contributed by atoms with Gasteiger partial charge in [-0.1, -0.05) is 29.3 Å². The van der Waals surface area contributed by atoms with Crippen LogP contribution in [0.4, 0.5) is 0 Å². The zero-order chi connectivity index (χ0) is 13.5. The van der Waals surface area contributed by atoms with Crippen LogP contribution in [0.2, 0.25) is 10.0 Å². The highest BCUT2D eigenvalue weighted by molar-refractivity contribution is 6.42. The normalized spacial score (nSPS) is 9.89. The maximum Gasteiger partial charge on any atom is 0.222 e. The molecule has 1 aromatic rings. The van der Waals surface area contributed by atoms with Crippen molar-refractivity contribution in [3.05, 3.63) is 33.8 Å². The van der Waals surface area contributed by atoms with Crippen LogP contribution in [0.15, 0.2) is 18.2 Å². The summed E-state index contributed by atoms with van der Waals surface area (Å²) in [6.45, 7) is 1.52. The molecule has 0 radical (unpaired) electrons. The van der Waals surface area contributed by atoms with E-state index in [0.29, 0.717) is 22.9 Å². The summed E-state index contributed by atoms with van der Waals surface area (Å²) >= 11 is 11.8. The third-order valence-electron chi connectivity index (χ3n) is 2.73. The van der Waals surface area contributed by atoms with Crippen LogP contribution >= 0.6 is 35.6 Å². The maximum absolute atomic E-state index is 11.8. The van der Waals surface area contributed by atoms with E-state index in [4.69, 9.17) is 23.2 Å². The molecule has 0 heterocycles. The standard InChI is InChI=1S/C13H18Cl2N2O.ClH/c1-16-7-8-17(2)13(18)6-4-10-3-5-11(14)12(15)9-10;/h3,5,9,16H,4,6-8H2,1-2H3;1H. The molecule has 1 aromatic carbocycles. The highest BCUT2D eigenvalue weighted by atomic mass is 35.5. The van der Waals surface area contributed by atoms with Gasteiger partial charge in [0.25, 0.3) is 0 Å². The maximum atomic E-state index is 11.8. The number of halogens is 3. The first-order chi connectivity index (χ1) is 8.54. The Morgan fingerprint density at radius 1 is 1.32 bits per heavy atom. The van der Waals surface area contributed by atoms with E-state index in [1.165, 1.54) is 0 Å². The van der Waals surface area contributed by atoms with Gasteiger partial charge >= 0.3 is 0 Å². The lowest BCUT2D eigenvalue weighted by Crippen LogP contribution is -2.32. The summed E-state index contributed by atoms with van der Waals surface area (Å²) < 4.78 is 0. The first kappa shape index (κ1) is 18.5. The summed E-state index contributed by atoms with van der Waals surface area (Å²) in [6, 6.07) is 5.47. The van der Waals surface area contributed by atoms with E-state index in [9.17, 15) is 4.79 Å². The van der Waals surface area contributed by atoms with E-state index < -0.39 is 0 Å². The molecule has 0 aliphatic heterocycles. The van der Waals surface area contributed by atoms with Crippen LogP contribution in [0.1, 0.15) is 12.0 Å². The van der Waals surface area contributed by atoms with Crippen molar-refractivity contribution >= 4 is 41.5 Å². The minimum Gasteiger partial charge on any atom is -0.344 e. The van der Waals surface area contributed by atoms with Gasteiger partial charge in [-0.25, -0.2) is 0 Å². The first-order valence-corrected chi connectivity index (χ1v) is 6.62. The van der Waals surface area contributed by atoms with E-state index >= 15 is 0 Å². The lowest BCUT2D eigenvalue weighted by atomic mass is 10.1. The molecule has 6 heteroatoms. The number of rotatable bonds is 6. The number of likely N-dealkylation sites (N-methyl/N-ethyl adjacent to an activating group) is 2. The van der Waals surface area contributed by atoms with Gasteiger partial charge in [0, 0.05) is 26.6 Å². The van der Waals surface area contributed by atoms with Crippen LogP contribution in [0.3, 0.4) is 0 Å². The Morgan fingerprint density at radius 2 is 2.00 bits per heavy atom. The monoisotopic (exact) mass is 324 g/mol. The molecule has 0 saturated heterocycles. The molecule has 108 valence electrons. The van der Waals surface area contributed by atoms with Gasteiger partial charge in [0.05, 0.1) is 10.0 Å². The average molecular weight is 326 g/mol. The van der Waals surface area contributed by atoms with Crippen LogP contribution in [0.25, 0.3) is 0 Å². The smallest absolute Gasteiger partial charge is 0.222 e. The average Bonchev–Trinajstić information content (AvgIpc) is 2.36. The molecule has 1 amide bonds. The molecule has 19 heavy (non-hydrogen) atoms. The number of hydrogen-bond acceptors (Lipinski definition) is 2. The molecule has 0 unspecified atom stereocenters. The van der Waals surface area contributed by atoms with Crippen molar-refractivity contribution < 1.29 is 4.79 Å². The van der Waals surface area contributed by atoms with Crippen molar-refractivity contribution in [2.45, 2.75) is 12.8 Å². The summed E-state index contributed by atoms with van der Waals surface area (Å²) in [5.74, 6) is 0.135. The fraction of sp³-hybridized carbons (Fsp3) is 0.462. The second-order valence-corrected chi connectivity index (χ2v) is 4.98. The molecule has 0 aromatic heterocycles. The van der Waals surface area contributed by atoms with Gasteiger partial charge in [-0.3, -0.25) is 4.79 Å². The predicted molar refractivity (Wildman–Crippen MR) is 83.6 cm³/mol. The molecule has 0 aliphatic rings. The molecule has 0 aliphatic carbocycles. The zero-order valence-corrected chi connectivity index (χ0v) is 13.4. The number of nitrogens with zero attached hydrogens (tertiary/aromatic N) is 1. The van der Waals surface area contributed by atoms with E-state index in [-0.39, 0.29) is 18.3 Å². The summed E-state index contributed by atoms with van der Waals surface area (Å²) in [5.41, 5.74) is 1.03. The van der Waals surface area contributed by atoms with Crippen LogP contribution in [-0.2, 0) is 11.2 Å². The summed E-state index contributed by atoms with van der Waals surface area (Å²) in [4.78, 5) is 13.5. The highest BCUT2D eigenvalue weighted by Gasteiger charge is 2.08. The molecule has 0 bridgehead atoms. The second kappa shape index (κ2) is 9.43. The number of carbonyl (C=O) groups is 1. The van der Waals surface area contributed by atoms with E-state index in [0.717, 1.165) is 18.7 Å². The number of nitrogens with one attached hydrogen (secondary N) is 1. The van der Waals surface area contributed by atoms with E-state index in [2.05, 4.69) is 5.32 Å². The van der Waals surface area contributed by atoms with Gasteiger partial charge in [0.2, 0.25) is 5.91 Å². The number of hydrogen-bond donors (Lipinski definition) is 1. The van der Waals surface area contributed by atoms with Crippen LogP contribution in [-0.4, -0.2) is 38.0 Å². The third-order valence-corrected chi connectivity index (χ3v) is 3.47. The van der Waals surface area contributed by atoms with Gasteiger partial charge in [-0.2, -0.15) is 0 Å². The van der Waals surface area contributed by atoms with Gasteiger partial charge < -0.3 is 10.2 Å². The summed E-state index contributed by atoms with van der Waals surface area (Å²) in [6.07, 6.45) is 1.16. The fourth-order valence-electron chi connectivity index (χ4n) is 1.54. The molecule has 3 nitrogen and oxygen atoms in total. The second-order valence-electron chi connectivity index (χ2n) is 4.17. The molecular formula is C13H19Cl3N2O. The molecule has 1 N–H and O–H groups in total. The quantitative estimate of drug-likeness (QED) is 0.872. The fourth-order valence-corrected chi connectivity index (χ4v) is 1.86. The van der Waals surface area contributed by atoms with Gasteiger partial charge in [-0.05, 0) is 31.2 Å². The van der Waals surface area contributed by atoms with Crippen LogP contribution in [0, 0.1) is 0 Å². The Morgan fingerprint density at radius 3 is 2.58 bits per heavy atom. The number of amides is 1. The van der Waals surface area contributed by atoms with Crippen LogP contribution < -0.4 is 5.32 Å². The zero-order valence-electron chi connectivity index (χ0n) is 11.1. The Labute approximate surface area is 130 Å². The van der Waals surface area contributed by atoms with E-state index in [1.54, 1.807) is 11.0 Å². The van der Waals surface area contributed by atoms with Crippen molar-refractivity contribution in [3.8, 4) is 0 Å². The lowest BCUT2D eigenvalue weighted by molar-refractivity contribution is -0.129. The van der Waals surface area contributed by atoms with Crippen molar-refractivity contribution in [1.29, 1.82) is 0 Å². The van der Waals surface area contributed by atoms with Gasteiger partial charge in [-0.15, -0.1) is 12.4 Å². The Hall–Kier alpha value is -0.480. The number of benzene rings is 1. The topological polar surface area (TPSA) is 32.3 Å². The minimum atomic E-state index is 0. The first-order valence-electron chi connectivity index (χ1n) is 5.87. The van der Waals surface area contributed by atoms with E-state index in [1.807, 2.05) is 26.2 Å². The highest BCUT2D eigenvalue weighted by Crippen LogP contribution is 2.23. The van der Waals surface area contributed by atoms with Crippen molar-refractivity contribution in [2.75, 3.05) is 27.2 Å². The minimum absolute atomic E-state index is 0. The van der Waals surface area contributed by atoms with Gasteiger partial charge in [0.15, 0.2) is 0 Å². The Bertz CT molecular complexity index is 413. The molecule has 0 saturated carbocycles. The van der Waals surface area contributed by atoms with Crippen molar-refractivity contribution in [2.24, 2.45) is 0 Å². The Kier molecular flexibility index (Phi) is 9.19. The van der Waals surface area contributed by atoms with Crippen molar-refractivity contribution in [3.63, 3.8) is 0 Å².